The summed E-state index contributed by atoms with van der Waals surface area (Å²) in [5.41, 5.74) is 0.273. The number of carbonyl (C=O) groups is 1. The number of hydrogen-bond acceptors (Lipinski definition) is 5. The number of rotatable bonds is 2. The molecule has 1 aromatic heterocycles. The van der Waals surface area contributed by atoms with Crippen LogP contribution in [0.4, 0.5) is 0 Å². The largest absolute Gasteiger partial charge is 0.295 e. The van der Waals surface area contributed by atoms with Gasteiger partial charge in [-0.05, 0) is 11.3 Å². The van der Waals surface area contributed by atoms with Gasteiger partial charge in [0.1, 0.15) is 0 Å². The summed E-state index contributed by atoms with van der Waals surface area (Å²) in [5, 5.41) is 10.3. The Kier molecular flexibility index (Phi) is 2.79. The molecule has 0 bridgehead atoms. The molecule has 0 unspecified atom stereocenters. The highest BCUT2D eigenvalue weighted by Gasteiger charge is 2.04. The van der Waals surface area contributed by atoms with Crippen LogP contribution in [0.3, 0.4) is 0 Å². The van der Waals surface area contributed by atoms with Gasteiger partial charge in [-0.25, -0.2) is 0 Å². The first kappa shape index (κ1) is 7.93. The molecule has 0 aliphatic carbocycles. The van der Waals surface area contributed by atoms with Crippen molar-refractivity contribution in [1.29, 1.82) is 0 Å². The molecule has 5 nitrogen and oxygen atoms in total. The van der Waals surface area contributed by atoms with Crippen LogP contribution in [-0.4, -0.2) is 27.6 Å². The Labute approximate surface area is 67.7 Å². The van der Waals surface area contributed by atoms with Gasteiger partial charge in [-0.2, -0.15) is 0 Å². The second kappa shape index (κ2) is 3.87. The third-order valence-corrected chi connectivity index (χ3v) is 1.32. The molecule has 1 heterocycles. The summed E-state index contributed by atoms with van der Waals surface area (Å²) in [6, 6.07) is 1.50. The molecule has 0 aliphatic heterocycles. The monoisotopic (exact) mass is 170 g/mol. The zero-order chi connectivity index (χ0) is 8.10. The van der Waals surface area contributed by atoms with Gasteiger partial charge in [-0.15, -0.1) is 10.2 Å². The SMILES string of the molecule is CSNC(=O)c1ccnnn1. The van der Waals surface area contributed by atoms with Gasteiger partial charge in [0.05, 0.1) is 6.20 Å². The average molecular weight is 170 g/mol. The lowest BCUT2D eigenvalue weighted by molar-refractivity contribution is 0.0978. The van der Waals surface area contributed by atoms with Gasteiger partial charge in [0.2, 0.25) is 0 Å². The Bertz CT molecular complexity index is 239. The van der Waals surface area contributed by atoms with Gasteiger partial charge in [-0.3, -0.25) is 9.52 Å². The minimum Gasteiger partial charge on any atom is -0.295 e. The summed E-state index contributed by atoms with van der Waals surface area (Å²) in [7, 11) is 0. The van der Waals surface area contributed by atoms with E-state index >= 15 is 0 Å². The highest BCUT2D eigenvalue weighted by atomic mass is 32.2. The Hall–Kier alpha value is -1.17. The molecule has 0 spiro atoms. The maximum absolute atomic E-state index is 11.0. The van der Waals surface area contributed by atoms with E-state index in [0.717, 1.165) is 0 Å². The maximum atomic E-state index is 11.0. The van der Waals surface area contributed by atoms with Crippen molar-refractivity contribution in [2.75, 3.05) is 6.26 Å². The van der Waals surface area contributed by atoms with Gasteiger partial charge in [0, 0.05) is 6.26 Å². The molecule has 11 heavy (non-hydrogen) atoms. The van der Waals surface area contributed by atoms with Crippen LogP contribution in [0.25, 0.3) is 0 Å². The van der Waals surface area contributed by atoms with Crippen molar-refractivity contribution < 1.29 is 4.79 Å². The highest BCUT2D eigenvalue weighted by Crippen LogP contribution is 1.92. The zero-order valence-corrected chi connectivity index (χ0v) is 6.63. The van der Waals surface area contributed by atoms with E-state index in [1.807, 2.05) is 0 Å². The van der Waals surface area contributed by atoms with E-state index in [1.165, 1.54) is 24.2 Å². The fraction of sp³-hybridized carbons (Fsp3) is 0.200. The van der Waals surface area contributed by atoms with Crippen molar-refractivity contribution in [3.8, 4) is 0 Å². The summed E-state index contributed by atoms with van der Waals surface area (Å²) < 4.78 is 2.51. The Morgan fingerprint density at radius 3 is 3.09 bits per heavy atom. The van der Waals surface area contributed by atoms with Gasteiger partial charge in [-0.1, -0.05) is 11.9 Å². The van der Waals surface area contributed by atoms with Crippen LogP contribution in [-0.2, 0) is 0 Å². The number of nitrogens with zero attached hydrogens (tertiary/aromatic N) is 3. The van der Waals surface area contributed by atoms with Crippen molar-refractivity contribution in [2.24, 2.45) is 0 Å². The van der Waals surface area contributed by atoms with Crippen LogP contribution in [0, 0.1) is 0 Å². The smallest absolute Gasteiger partial charge is 0.281 e. The molecule has 1 aromatic rings. The van der Waals surface area contributed by atoms with E-state index < -0.39 is 0 Å². The van der Waals surface area contributed by atoms with E-state index in [4.69, 9.17) is 0 Å². The molecule has 1 N–H and O–H groups in total. The minimum absolute atomic E-state index is 0.257. The second-order valence-electron chi connectivity index (χ2n) is 1.64. The predicted octanol–water partition coefficient (Wildman–Crippen LogP) is -0.121. The number of amides is 1. The molecular formula is C5H6N4OS. The lowest BCUT2D eigenvalue weighted by atomic mass is 10.4. The minimum atomic E-state index is -0.257. The third-order valence-electron chi connectivity index (χ3n) is 0.931. The zero-order valence-electron chi connectivity index (χ0n) is 5.81. The van der Waals surface area contributed by atoms with Crippen LogP contribution in [0.5, 0.6) is 0 Å². The topological polar surface area (TPSA) is 67.8 Å². The summed E-state index contributed by atoms with van der Waals surface area (Å²) in [4.78, 5) is 11.0. The standard InChI is InChI=1S/C5H6N4OS/c1-11-8-5(10)4-2-3-6-9-7-4/h2-3H,1H3,(H,8,10). The molecule has 0 aliphatic rings. The van der Waals surface area contributed by atoms with Crippen molar-refractivity contribution >= 4 is 17.9 Å². The van der Waals surface area contributed by atoms with Crippen LogP contribution in [0.2, 0.25) is 0 Å². The lowest BCUT2D eigenvalue weighted by Gasteiger charge is -1.96. The molecular weight excluding hydrogens is 164 g/mol. The Morgan fingerprint density at radius 2 is 2.55 bits per heavy atom. The van der Waals surface area contributed by atoms with Crippen molar-refractivity contribution in [3.63, 3.8) is 0 Å². The molecule has 0 atom stereocenters. The van der Waals surface area contributed by atoms with Crippen LogP contribution < -0.4 is 4.72 Å². The van der Waals surface area contributed by atoms with E-state index in [0.29, 0.717) is 0 Å². The first-order valence-electron chi connectivity index (χ1n) is 2.82. The molecule has 6 heteroatoms. The van der Waals surface area contributed by atoms with Gasteiger partial charge in [0.25, 0.3) is 5.91 Å². The summed E-state index contributed by atoms with van der Waals surface area (Å²) in [5.74, 6) is -0.257. The Morgan fingerprint density at radius 1 is 1.73 bits per heavy atom. The molecule has 1 rings (SSSR count). The van der Waals surface area contributed by atoms with Crippen LogP contribution >= 0.6 is 11.9 Å². The summed E-state index contributed by atoms with van der Waals surface area (Å²) >= 11 is 1.22. The fourth-order valence-corrected chi connectivity index (χ4v) is 0.797. The fourth-order valence-electron chi connectivity index (χ4n) is 0.507. The summed E-state index contributed by atoms with van der Waals surface area (Å²) in [6.07, 6.45) is 3.18. The molecule has 58 valence electrons. The van der Waals surface area contributed by atoms with E-state index in [-0.39, 0.29) is 11.6 Å². The first-order valence-corrected chi connectivity index (χ1v) is 4.05. The number of hydrogen-bond donors (Lipinski definition) is 1. The lowest BCUT2D eigenvalue weighted by Crippen LogP contribution is -2.17. The number of carbonyl (C=O) groups excluding carboxylic acids is 1. The van der Waals surface area contributed by atoms with Crippen molar-refractivity contribution in [3.05, 3.63) is 18.0 Å². The van der Waals surface area contributed by atoms with Crippen LogP contribution in [0.15, 0.2) is 12.3 Å². The highest BCUT2D eigenvalue weighted by molar-refractivity contribution is 7.97. The normalized spacial score (nSPS) is 9.18. The third kappa shape index (κ3) is 2.15. The van der Waals surface area contributed by atoms with E-state index in [9.17, 15) is 4.79 Å². The molecule has 0 fully saturated rings. The van der Waals surface area contributed by atoms with Gasteiger partial charge >= 0.3 is 0 Å². The Balaban J connectivity index is 2.69. The van der Waals surface area contributed by atoms with E-state index in [1.54, 1.807) is 6.26 Å². The van der Waals surface area contributed by atoms with Gasteiger partial charge in [0.15, 0.2) is 5.69 Å². The second-order valence-corrected chi connectivity index (χ2v) is 2.25. The quantitative estimate of drug-likeness (QED) is 0.627. The molecule has 0 aromatic carbocycles. The van der Waals surface area contributed by atoms with Crippen LogP contribution in [0.1, 0.15) is 10.5 Å². The molecule has 0 saturated heterocycles. The maximum Gasteiger partial charge on any atom is 0.281 e. The number of aromatic nitrogens is 3. The number of nitrogens with one attached hydrogen (secondary N) is 1. The predicted molar refractivity (Wildman–Crippen MR) is 40.8 cm³/mol. The molecule has 0 radical (unpaired) electrons. The first-order chi connectivity index (χ1) is 5.34. The van der Waals surface area contributed by atoms with Gasteiger partial charge < -0.3 is 0 Å². The molecule has 1 amide bonds. The van der Waals surface area contributed by atoms with Crippen molar-refractivity contribution in [1.82, 2.24) is 20.1 Å². The average Bonchev–Trinajstić information content (AvgIpc) is 2.07. The van der Waals surface area contributed by atoms with Crippen molar-refractivity contribution in [2.45, 2.75) is 0 Å². The van der Waals surface area contributed by atoms with E-state index in [2.05, 4.69) is 20.1 Å². The molecule has 0 saturated carbocycles. The summed E-state index contributed by atoms with van der Waals surface area (Å²) in [6.45, 7) is 0.